The Kier molecular flexibility index (Phi) is 4.93. The Bertz CT molecular complexity index is 940. The fraction of sp³-hybridized carbons (Fsp3) is 0.391. The monoisotopic (exact) mass is 374 g/mol. The number of hydrogen-bond donors (Lipinski definition) is 0. The summed E-state index contributed by atoms with van der Waals surface area (Å²) in [6.07, 6.45) is 2.45. The molecule has 2 aliphatic rings. The summed E-state index contributed by atoms with van der Waals surface area (Å²) < 4.78 is 5.55. The number of anilines is 1. The molecule has 0 aliphatic carbocycles. The SMILES string of the molecule is c1ccc(-c2nc(N3CCC[C@@H](N4CCOCC4)C3)c3ccccc3n2)cc1. The van der Waals surface area contributed by atoms with E-state index in [-0.39, 0.29) is 0 Å². The van der Waals surface area contributed by atoms with E-state index >= 15 is 0 Å². The van der Waals surface area contributed by atoms with Crippen LogP contribution < -0.4 is 4.90 Å². The second kappa shape index (κ2) is 7.86. The van der Waals surface area contributed by atoms with Crippen LogP contribution in [-0.4, -0.2) is 60.3 Å². The van der Waals surface area contributed by atoms with Crippen LogP contribution in [0.4, 0.5) is 5.82 Å². The van der Waals surface area contributed by atoms with E-state index in [2.05, 4.69) is 46.2 Å². The van der Waals surface area contributed by atoms with Crippen molar-refractivity contribution in [3.63, 3.8) is 0 Å². The van der Waals surface area contributed by atoms with Crippen molar-refractivity contribution in [3.05, 3.63) is 54.6 Å². The van der Waals surface area contributed by atoms with Crippen LogP contribution in [0.1, 0.15) is 12.8 Å². The van der Waals surface area contributed by atoms with E-state index in [0.29, 0.717) is 6.04 Å². The van der Waals surface area contributed by atoms with Gasteiger partial charge >= 0.3 is 0 Å². The van der Waals surface area contributed by atoms with Crippen LogP contribution in [0.2, 0.25) is 0 Å². The first kappa shape index (κ1) is 17.6. The number of rotatable bonds is 3. The number of fused-ring (bicyclic) bond motifs is 1. The van der Waals surface area contributed by atoms with Gasteiger partial charge in [0, 0.05) is 43.2 Å². The van der Waals surface area contributed by atoms with E-state index in [1.807, 2.05) is 18.2 Å². The second-order valence-corrected chi connectivity index (χ2v) is 7.64. The number of aromatic nitrogens is 2. The first-order valence-electron chi connectivity index (χ1n) is 10.3. The maximum atomic E-state index is 5.55. The van der Waals surface area contributed by atoms with Gasteiger partial charge in [-0.2, -0.15) is 0 Å². The Morgan fingerprint density at radius 3 is 2.50 bits per heavy atom. The first-order chi connectivity index (χ1) is 13.9. The smallest absolute Gasteiger partial charge is 0.162 e. The van der Waals surface area contributed by atoms with Crippen LogP contribution in [0.15, 0.2) is 54.6 Å². The van der Waals surface area contributed by atoms with E-state index in [0.717, 1.165) is 67.5 Å². The van der Waals surface area contributed by atoms with Crippen LogP contribution in [0.25, 0.3) is 22.3 Å². The van der Waals surface area contributed by atoms with Gasteiger partial charge in [-0.3, -0.25) is 4.90 Å². The molecule has 0 N–H and O–H groups in total. The normalized spacial score (nSPS) is 21.1. The minimum Gasteiger partial charge on any atom is -0.379 e. The summed E-state index contributed by atoms with van der Waals surface area (Å²) in [6.45, 7) is 5.86. The average molecular weight is 374 g/mol. The van der Waals surface area contributed by atoms with E-state index in [1.165, 1.54) is 12.8 Å². The van der Waals surface area contributed by atoms with Crippen molar-refractivity contribution in [2.24, 2.45) is 0 Å². The summed E-state index contributed by atoms with van der Waals surface area (Å²) in [6, 6.07) is 19.2. The van der Waals surface area contributed by atoms with Gasteiger partial charge in [0.05, 0.1) is 18.7 Å². The zero-order valence-corrected chi connectivity index (χ0v) is 16.1. The molecule has 5 rings (SSSR count). The third-order valence-electron chi connectivity index (χ3n) is 5.87. The summed E-state index contributed by atoms with van der Waals surface area (Å²) >= 11 is 0. The second-order valence-electron chi connectivity index (χ2n) is 7.64. The molecule has 0 saturated carbocycles. The highest BCUT2D eigenvalue weighted by Crippen LogP contribution is 2.30. The van der Waals surface area contributed by atoms with Crippen LogP contribution in [0, 0.1) is 0 Å². The van der Waals surface area contributed by atoms with Gasteiger partial charge in [-0.15, -0.1) is 0 Å². The Morgan fingerprint density at radius 2 is 1.64 bits per heavy atom. The summed E-state index contributed by atoms with van der Waals surface area (Å²) in [5, 5.41) is 1.14. The number of morpholine rings is 1. The van der Waals surface area contributed by atoms with Gasteiger partial charge in [0.25, 0.3) is 0 Å². The molecule has 28 heavy (non-hydrogen) atoms. The topological polar surface area (TPSA) is 41.5 Å². The predicted molar refractivity (Wildman–Crippen MR) is 113 cm³/mol. The molecule has 0 spiro atoms. The number of para-hydroxylation sites is 1. The Hall–Kier alpha value is -2.50. The molecule has 5 nitrogen and oxygen atoms in total. The zero-order chi connectivity index (χ0) is 18.8. The molecule has 0 radical (unpaired) electrons. The Morgan fingerprint density at radius 1 is 0.857 bits per heavy atom. The van der Waals surface area contributed by atoms with Crippen LogP contribution >= 0.6 is 0 Å². The highest BCUT2D eigenvalue weighted by molar-refractivity contribution is 5.91. The number of benzene rings is 2. The Balaban J connectivity index is 1.52. The quantitative estimate of drug-likeness (QED) is 0.701. The van der Waals surface area contributed by atoms with Gasteiger partial charge in [-0.25, -0.2) is 9.97 Å². The van der Waals surface area contributed by atoms with Gasteiger partial charge in [-0.1, -0.05) is 42.5 Å². The predicted octanol–water partition coefficient (Wildman–Crippen LogP) is 3.60. The van der Waals surface area contributed by atoms with E-state index in [9.17, 15) is 0 Å². The lowest BCUT2D eigenvalue weighted by atomic mass is 10.0. The number of nitrogens with zero attached hydrogens (tertiary/aromatic N) is 4. The molecular weight excluding hydrogens is 348 g/mol. The van der Waals surface area contributed by atoms with Gasteiger partial charge in [-0.05, 0) is 25.0 Å². The first-order valence-corrected chi connectivity index (χ1v) is 10.3. The molecule has 2 aromatic carbocycles. The lowest BCUT2D eigenvalue weighted by Gasteiger charge is -2.41. The summed E-state index contributed by atoms with van der Waals surface area (Å²) in [5.74, 6) is 1.88. The maximum Gasteiger partial charge on any atom is 0.162 e. The molecule has 0 bridgehead atoms. The number of piperidine rings is 1. The molecule has 2 fully saturated rings. The van der Waals surface area contributed by atoms with Crippen molar-refractivity contribution in [1.29, 1.82) is 0 Å². The summed E-state index contributed by atoms with van der Waals surface area (Å²) in [4.78, 5) is 15.0. The van der Waals surface area contributed by atoms with Crippen LogP contribution in [0.5, 0.6) is 0 Å². The van der Waals surface area contributed by atoms with E-state index in [4.69, 9.17) is 14.7 Å². The molecule has 0 unspecified atom stereocenters. The fourth-order valence-corrected chi connectivity index (χ4v) is 4.41. The molecule has 5 heteroatoms. The standard InChI is InChI=1S/C23H26N4O/c1-2-7-18(8-3-1)22-24-21-11-5-4-10-20(21)23(25-22)27-12-6-9-19(17-27)26-13-15-28-16-14-26/h1-5,7-8,10-11,19H,6,9,12-17H2/t19-/m1/s1. The molecular formula is C23H26N4O. The number of hydrogen-bond acceptors (Lipinski definition) is 5. The summed E-state index contributed by atoms with van der Waals surface area (Å²) in [7, 11) is 0. The molecule has 2 saturated heterocycles. The van der Waals surface area contributed by atoms with E-state index in [1.54, 1.807) is 0 Å². The lowest BCUT2D eigenvalue weighted by molar-refractivity contribution is 0.0137. The fourth-order valence-electron chi connectivity index (χ4n) is 4.41. The van der Waals surface area contributed by atoms with Crippen molar-refractivity contribution in [3.8, 4) is 11.4 Å². The molecule has 2 aliphatic heterocycles. The summed E-state index contributed by atoms with van der Waals surface area (Å²) in [5.41, 5.74) is 2.08. The van der Waals surface area contributed by atoms with Crippen LogP contribution in [0.3, 0.4) is 0 Å². The molecule has 0 amide bonds. The molecule has 3 aromatic rings. The molecule has 1 atom stereocenters. The van der Waals surface area contributed by atoms with Gasteiger partial charge in [0.1, 0.15) is 5.82 Å². The third kappa shape index (κ3) is 3.48. The zero-order valence-electron chi connectivity index (χ0n) is 16.1. The largest absolute Gasteiger partial charge is 0.379 e. The third-order valence-corrected chi connectivity index (χ3v) is 5.87. The van der Waals surface area contributed by atoms with Gasteiger partial charge in [0.15, 0.2) is 5.82 Å². The molecule has 1 aromatic heterocycles. The molecule has 144 valence electrons. The van der Waals surface area contributed by atoms with Gasteiger partial charge < -0.3 is 9.64 Å². The van der Waals surface area contributed by atoms with Crippen molar-refractivity contribution in [2.45, 2.75) is 18.9 Å². The minimum absolute atomic E-state index is 0.576. The van der Waals surface area contributed by atoms with Gasteiger partial charge in [0.2, 0.25) is 0 Å². The van der Waals surface area contributed by atoms with Crippen molar-refractivity contribution < 1.29 is 4.74 Å². The Labute approximate surface area is 166 Å². The van der Waals surface area contributed by atoms with Crippen molar-refractivity contribution >= 4 is 16.7 Å². The van der Waals surface area contributed by atoms with Crippen molar-refractivity contribution in [2.75, 3.05) is 44.3 Å². The van der Waals surface area contributed by atoms with E-state index < -0.39 is 0 Å². The van der Waals surface area contributed by atoms with Crippen molar-refractivity contribution in [1.82, 2.24) is 14.9 Å². The van der Waals surface area contributed by atoms with Crippen LogP contribution in [-0.2, 0) is 4.74 Å². The number of ether oxygens (including phenoxy) is 1. The minimum atomic E-state index is 0.576. The maximum absolute atomic E-state index is 5.55. The lowest BCUT2D eigenvalue weighted by Crippen LogP contribution is -2.51. The average Bonchev–Trinajstić information content (AvgIpc) is 2.79. The highest BCUT2D eigenvalue weighted by Gasteiger charge is 2.28. The highest BCUT2D eigenvalue weighted by atomic mass is 16.5. The molecule has 3 heterocycles.